The van der Waals surface area contributed by atoms with E-state index in [-0.39, 0.29) is 17.1 Å². The van der Waals surface area contributed by atoms with Crippen LogP contribution in [0, 0.1) is 5.41 Å². The van der Waals surface area contributed by atoms with E-state index in [1.165, 1.54) is 0 Å². The molecule has 0 aromatic heterocycles. The summed E-state index contributed by atoms with van der Waals surface area (Å²) in [5.41, 5.74) is 4.78. The minimum atomic E-state index is -0.160. The molecular formula is C23H24ClNO3. The Morgan fingerprint density at radius 2 is 1.68 bits per heavy atom. The summed E-state index contributed by atoms with van der Waals surface area (Å²) in [5, 5.41) is 4.20. The lowest BCUT2D eigenvalue weighted by atomic mass is 9.68. The van der Waals surface area contributed by atoms with Gasteiger partial charge in [0.15, 0.2) is 17.3 Å². The van der Waals surface area contributed by atoms with Gasteiger partial charge < -0.3 is 14.8 Å². The third kappa shape index (κ3) is 3.16. The maximum atomic E-state index is 13.2. The smallest absolute Gasteiger partial charge is 0.162 e. The van der Waals surface area contributed by atoms with Gasteiger partial charge in [-0.1, -0.05) is 37.6 Å². The van der Waals surface area contributed by atoms with E-state index in [1.807, 2.05) is 36.4 Å². The molecule has 2 aromatic rings. The highest BCUT2D eigenvalue weighted by Gasteiger charge is 2.41. The molecule has 0 amide bonds. The standard InChI is InChI=1S/C23H24ClNO3/c1-23(2)11-17-22(18(26)12-23)21(13-5-7-14(24)8-6-13)15-9-19(27-3)20(28-4)10-16(15)25-17/h5-10,21,25H,11-12H2,1-4H3/t21-/m0/s1. The van der Waals surface area contributed by atoms with E-state index < -0.39 is 0 Å². The highest BCUT2D eigenvalue weighted by Crippen LogP contribution is 2.51. The van der Waals surface area contributed by atoms with Gasteiger partial charge >= 0.3 is 0 Å². The van der Waals surface area contributed by atoms with E-state index in [0.29, 0.717) is 22.9 Å². The molecule has 0 fully saturated rings. The minimum absolute atomic E-state index is 0.0679. The Balaban J connectivity index is 1.95. The van der Waals surface area contributed by atoms with Gasteiger partial charge in [0.1, 0.15) is 0 Å². The van der Waals surface area contributed by atoms with Crippen LogP contribution in [0.1, 0.15) is 43.7 Å². The summed E-state index contributed by atoms with van der Waals surface area (Å²) in [7, 11) is 3.25. The topological polar surface area (TPSA) is 47.6 Å². The van der Waals surface area contributed by atoms with Crippen molar-refractivity contribution in [1.29, 1.82) is 0 Å². The van der Waals surface area contributed by atoms with Crippen LogP contribution in [0.2, 0.25) is 5.02 Å². The van der Waals surface area contributed by atoms with Crippen LogP contribution in [0.5, 0.6) is 11.5 Å². The van der Waals surface area contributed by atoms with E-state index in [0.717, 1.165) is 34.5 Å². The number of ether oxygens (including phenoxy) is 2. The van der Waals surface area contributed by atoms with Crippen molar-refractivity contribution in [3.63, 3.8) is 0 Å². The molecule has 0 radical (unpaired) electrons. The van der Waals surface area contributed by atoms with Crippen LogP contribution in [-0.2, 0) is 4.79 Å². The number of allylic oxidation sites excluding steroid dienone is 2. The molecule has 1 N–H and O–H groups in total. The number of anilines is 1. The number of nitrogens with one attached hydrogen (secondary N) is 1. The fourth-order valence-electron chi connectivity index (χ4n) is 4.34. The van der Waals surface area contributed by atoms with Crippen LogP contribution in [0.3, 0.4) is 0 Å². The van der Waals surface area contributed by atoms with E-state index in [4.69, 9.17) is 21.1 Å². The summed E-state index contributed by atoms with van der Waals surface area (Å²) in [6.45, 7) is 4.27. The second kappa shape index (κ2) is 6.85. The Hall–Kier alpha value is -2.46. The van der Waals surface area contributed by atoms with Gasteiger partial charge in [0.05, 0.1) is 14.2 Å². The molecule has 1 heterocycles. The van der Waals surface area contributed by atoms with Gasteiger partial charge in [-0.25, -0.2) is 0 Å². The second-order valence-corrected chi connectivity index (χ2v) is 8.67. The first-order valence-electron chi connectivity index (χ1n) is 9.37. The normalized spacial score (nSPS) is 20.2. The number of benzene rings is 2. The SMILES string of the molecule is COc1cc2c(cc1OC)[C@H](c1ccc(Cl)cc1)C1=C(CC(C)(C)CC1=O)N2. The highest BCUT2D eigenvalue weighted by atomic mass is 35.5. The first kappa shape index (κ1) is 18.9. The number of ketones is 1. The average molecular weight is 398 g/mol. The predicted octanol–water partition coefficient (Wildman–Crippen LogP) is 5.56. The summed E-state index contributed by atoms with van der Waals surface area (Å²) in [6, 6.07) is 11.7. The molecule has 28 heavy (non-hydrogen) atoms. The van der Waals surface area contributed by atoms with Gasteiger partial charge in [0, 0.05) is 40.4 Å². The summed E-state index contributed by atoms with van der Waals surface area (Å²) >= 11 is 6.11. The van der Waals surface area contributed by atoms with Crippen LogP contribution in [-0.4, -0.2) is 20.0 Å². The molecule has 0 spiro atoms. The van der Waals surface area contributed by atoms with E-state index in [9.17, 15) is 4.79 Å². The lowest BCUT2D eigenvalue weighted by molar-refractivity contribution is -0.118. The van der Waals surface area contributed by atoms with Crippen molar-refractivity contribution in [3.05, 3.63) is 63.8 Å². The Morgan fingerprint density at radius 3 is 2.32 bits per heavy atom. The van der Waals surface area contributed by atoms with E-state index >= 15 is 0 Å². The molecule has 0 saturated carbocycles. The zero-order valence-electron chi connectivity index (χ0n) is 16.6. The van der Waals surface area contributed by atoms with Crippen molar-refractivity contribution in [3.8, 4) is 11.5 Å². The minimum Gasteiger partial charge on any atom is -0.493 e. The van der Waals surface area contributed by atoms with Crippen LogP contribution in [0.15, 0.2) is 47.7 Å². The van der Waals surface area contributed by atoms with E-state index in [1.54, 1.807) is 14.2 Å². The molecule has 0 saturated heterocycles. The number of rotatable bonds is 3. The molecule has 5 heteroatoms. The molecule has 0 bridgehead atoms. The van der Waals surface area contributed by atoms with Crippen molar-refractivity contribution in [2.24, 2.45) is 5.41 Å². The molecule has 2 aromatic carbocycles. The number of Topliss-reactive ketones (excluding diaryl/α,β-unsaturated/α-hetero) is 1. The molecule has 4 nitrogen and oxygen atoms in total. The summed E-state index contributed by atoms with van der Waals surface area (Å²) in [6.07, 6.45) is 1.37. The van der Waals surface area contributed by atoms with Gasteiger partial charge in [-0.15, -0.1) is 0 Å². The number of methoxy groups -OCH3 is 2. The quantitative estimate of drug-likeness (QED) is 0.736. The van der Waals surface area contributed by atoms with Gasteiger partial charge in [0.2, 0.25) is 0 Å². The summed E-state index contributed by atoms with van der Waals surface area (Å²) < 4.78 is 11.0. The Kier molecular flexibility index (Phi) is 4.62. The molecule has 146 valence electrons. The van der Waals surface area contributed by atoms with Crippen molar-refractivity contribution < 1.29 is 14.3 Å². The third-order valence-electron chi connectivity index (χ3n) is 5.56. The van der Waals surface area contributed by atoms with Crippen LogP contribution < -0.4 is 14.8 Å². The molecule has 1 atom stereocenters. The van der Waals surface area contributed by atoms with Crippen LogP contribution in [0.4, 0.5) is 5.69 Å². The van der Waals surface area contributed by atoms with Crippen molar-refractivity contribution in [1.82, 2.24) is 0 Å². The molecule has 1 aliphatic heterocycles. The number of carbonyl (C=O) groups excluding carboxylic acids is 1. The fourth-order valence-corrected chi connectivity index (χ4v) is 4.47. The Morgan fingerprint density at radius 1 is 1.04 bits per heavy atom. The molecule has 2 aliphatic rings. The number of fused-ring (bicyclic) bond motifs is 1. The molecule has 0 unspecified atom stereocenters. The van der Waals surface area contributed by atoms with Crippen molar-refractivity contribution >= 4 is 23.1 Å². The Bertz CT molecular complexity index is 976. The lowest BCUT2D eigenvalue weighted by Gasteiger charge is -2.39. The predicted molar refractivity (Wildman–Crippen MR) is 112 cm³/mol. The first-order valence-corrected chi connectivity index (χ1v) is 9.75. The third-order valence-corrected chi connectivity index (χ3v) is 5.82. The fraction of sp³-hybridized carbons (Fsp3) is 0.348. The number of hydrogen-bond acceptors (Lipinski definition) is 4. The maximum Gasteiger partial charge on any atom is 0.162 e. The molecule has 1 aliphatic carbocycles. The summed E-state index contributed by atoms with van der Waals surface area (Å²) in [4.78, 5) is 13.2. The van der Waals surface area contributed by atoms with E-state index in [2.05, 4.69) is 19.2 Å². The van der Waals surface area contributed by atoms with Gasteiger partial charge in [-0.3, -0.25) is 4.79 Å². The molecule has 4 rings (SSSR count). The lowest BCUT2D eigenvalue weighted by Crippen LogP contribution is -2.33. The monoisotopic (exact) mass is 397 g/mol. The number of hydrogen-bond donors (Lipinski definition) is 1. The van der Waals surface area contributed by atoms with Gasteiger partial charge in [-0.2, -0.15) is 0 Å². The molecular weight excluding hydrogens is 374 g/mol. The Labute approximate surface area is 170 Å². The van der Waals surface area contributed by atoms with Gasteiger partial charge in [0.25, 0.3) is 0 Å². The van der Waals surface area contributed by atoms with Crippen LogP contribution >= 0.6 is 11.6 Å². The van der Waals surface area contributed by atoms with Gasteiger partial charge in [-0.05, 0) is 41.2 Å². The summed E-state index contributed by atoms with van der Waals surface area (Å²) in [5.74, 6) is 1.34. The van der Waals surface area contributed by atoms with Crippen molar-refractivity contribution in [2.45, 2.75) is 32.6 Å². The maximum absolute atomic E-state index is 13.2. The first-order chi connectivity index (χ1) is 13.3. The van der Waals surface area contributed by atoms with Crippen LogP contribution in [0.25, 0.3) is 0 Å². The highest BCUT2D eigenvalue weighted by molar-refractivity contribution is 6.30. The number of halogens is 1. The second-order valence-electron chi connectivity index (χ2n) is 8.24. The zero-order valence-corrected chi connectivity index (χ0v) is 17.3. The zero-order chi connectivity index (χ0) is 20.1. The largest absolute Gasteiger partial charge is 0.493 e. The number of carbonyl (C=O) groups is 1. The average Bonchev–Trinajstić information content (AvgIpc) is 2.65. The van der Waals surface area contributed by atoms with Crippen molar-refractivity contribution in [2.75, 3.05) is 19.5 Å².